The summed E-state index contributed by atoms with van der Waals surface area (Å²) in [7, 11) is 0. The minimum atomic E-state index is -0.0380. The SMILES string of the molecule is CCOCCNC(=O)CCCC[C@@H]1SCC2NC(=O)NC21. The van der Waals surface area contributed by atoms with Crippen molar-refractivity contribution in [3.8, 4) is 0 Å². The molecule has 6 nitrogen and oxygen atoms in total. The van der Waals surface area contributed by atoms with Crippen molar-refractivity contribution in [1.29, 1.82) is 0 Å². The number of carbonyl (C=O) groups is 2. The van der Waals surface area contributed by atoms with Crippen molar-refractivity contribution in [2.45, 2.75) is 49.9 Å². The average molecular weight is 315 g/mol. The number of ether oxygens (including phenoxy) is 1. The highest BCUT2D eigenvalue weighted by molar-refractivity contribution is 8.00. The van der Waals surface area contributed by atoms with Crippen molar-refractivity contribution in [2.24, 2.45) is 0 Å². The number of thioether (sulfide) groups is 1. The fourth-order valence-corrected chi connectivity index (χ4v) is 4.31. The summed E-state index contributed by atoms with van der Waals surface area (Å²) in [5, 5.41) is 9.27. The third-order valence-electron chi connectivity index (χ3n) is 3.85. The maximum Gasteiger partial charge on any atom is 0.315 e. The highest BCUT2D eigenvalue weighted by atomic mass is 32.2. The van der Waals surface area contributed by atoms with E-state index in [-0.39, 0.29) is 24.0 Å². The molecule has 7 heteroatoms. The van der Waals surface area contributed by atoms with E-state index < -0.39 is 0 Å². The Morgan fingerprint density at radius 2 is 2.29 bits per heavy atom. The minimum Gasteiger partial charge on any atom is -0.380 e. The molecule has 2 saturated heterocycles. The van der Waals surface area contributed by atoms with Crippen LogP contribution in [0.25, 0.3) is 0 Å². The molecule has 3 amide bonds. The summed E-state index contributed by atoms with van der Waals surface area (Å²) in [6, 6.07) is 0.515. The number of nitrogens with one attached hydrogen (secondary N) is 3. The molecule has 0 aromatic rings. The van der Waals surface area contributed by atoms with Crippen molar-refractivity contribution in [3.05, 3.63) is 0 Å². The van der Waals surface area contributed by atoms with E-state index in [1.54, 1.807) is 0 Å². The van der Waals surface area contributed by atoms with Gasteiger partial charge in [-0.1, -0.05) is 6.42 Å². The van der Waals surface area contributed by atoms with E-state index in [4.69, 9.17) is 4.74 Å². The van der Waals surface area contributed by atoms with Gasteiger partial charge < -0.3 is 20.7 Å². The van der Waals surface area contributed by atoms with Crippen LogP contribution in [0, 0.1) is 0 Å². The van der Waals surface area contributed by atoms with Crippen molar-refractivity contribution < 1.29 is 14.3 Å². The van der Waals surface area contributed by atoms with Crippen LogP contribution in [0.3, 0.4) is 0 Å². The van der Waals surface area contributed by atoms with Crippen LogP contribution in [0.5, 0.6) is 0 Å². The Morgan fingerprint density at radius 1 is 1.43 bits per heavy atom. The maximum atomic E-state index is 11.6. The zero-order chi connectivity index (χ0) is 15.1. The number of hydrogen-bond donors (Lipinski definition) is 3. The van der Waals surface area contributed by atoms with Crippen LogP contribution in [0.4, 0.5) is 4.79 Å². The van der Waals surface area contributed by atoms with Crippen LogP contribution in [0.2, 0.25) is 0 Å². The molecule has 0 spiro atoms. The molecule has 2 aliphatic heterocycles. The standard InChI is InChI=1S/C14H25N3O3S/c1-2-20-8-7-15-12(18)6-4-3-5-11-13-10(9-21-11)16-14(19)17-13/h10-11,13H,2-9H2,1H3,(H,15,18)(H2,16,17,19)/t10?,11-,13?/m0/s1. The summed E-state index contributed by atoms with van der Waals surface area (Å²) < 4.78 is 5.17. The van der Waals surface area contributed by atoms with Crippen LogP contribution in [0.1, 0.15) is 32.6 Å². The molecule has 2 rings (SSSR count). The van der Waals surface area contributed by atoms with Gasteiger partial charge in [-0.2, -0.15) is 11.8 Å². The topological polar surface area (TPSA) is 79.5 Å². The molecule has 0 bridgehead atoms. The molecule has 21 heavy (non-hydrogen) atoms. The average Bonchev–Trinajstić information content (AvgIpc) is 2.99. The number of unbranched alkanes of at least 4 members (excludes halogenated alkanes) is 1. The molecule has 2 aliphatic rings. The van der Waals surface area contributed by atoms with Crippen LogP contribution in [-0.4, -0.2) is 54.8 Å². The van der Waals surface area contributed by atoms with E-state index in [1.165, 1.54) is 0 Å². The van der Waals surface area contributed by atoms with Gasteiger partial charge in [0, 0.05) is 30.6 Å². The minimum absolute atomic E-state index is 0.0380. The second-order valence-corrected chi connectivity index (χ2v) is 6.69. The molecule has 3 atom stereocenters. The zero-order valence-electron chi connectivity index (χ0n) is 12.5. The second-order valence-electron chi connectivity index (χ2n) is 5.41. The van der Waals surface area contributed by atoms with Gasteiger partial charge in [0.15, 0.2) is 0 Å². The van der Waals surface area contributed by atoms with Crippen LogP contribution in [-0.2, 0) is 9.53 Å². The molecule has 2 fully saturated rings. The Balaban J connectivity index is 1.52. The second kappa shape index (κ2) is 8.48. The zero-order valence-corrected chi connectivity index (χ0v) is 13.3. The fraction of sp³-hybridized carbons (Fsp3) is 0.857. The van der Waals surface area contributed by atoms with Crippen LogP contribution < -0.4 is 16.0 Å². The molecule has 0 saturated carbocycles. The number of urea groups is 1. The summed E-state index contributed by atoms with van der Waals surface area (Å²) in [6.45, 7) is 3.79. The van der Waals surface area contributed by atoms with Gasteiger partial charge in [-0.05, 0) is 19.8 Å². The van der Waals surface area contributed by atoms with E-state index in [2.05, 4.69) is 16.0 Å². The summed E-state index contributed by atoms with van der Waals surface area (Å²) in [5.41, 5.74) is 0. The molecule has 120 valence electrons. The van der Waals surface area contributed by atoms with Gasteiger partial charge in [0.2, 0.25) is 5.91 Å². The largest absolute Gasteiger partial charge is 0.380 e. The number of carbonyl (C=O) groups excluding carboxylic acids is 2. The summed E-state index contributed by atoms with van der Waals surface area (Å²) in [4.78, 5) is 22.9. The van der Waals surface area contributed by atoms with Crippen molar-refractivity contribution in [2.75, 3.05) is 25.5 Å². The van der Waals surface area contributed by atoms with Crippen molar-refractivity contribution in [1.82, 2.24) is 16.0 Å². The summed E-state index contributed by atoms with van der Waals surface area (Å²) in [5.74, 6) is 1.09. The van der Waals surface area contributed by atoms with Crippen LogP contribution >= 0.6 is 11.8 Å². The van der Waals surface area contributed by atoms with E-state index in [0.29, 0.717) is 31.4 Å². The first-order valence-corrected chi connectivity index (χ1v) is 8.78. The maximum absolute atomic E-state index is 11.6. The number of hydrogen-bond acceptors (Lipinski definition) is 4. The third kappa shape index (κ3) is 5.07. The summed E-state index contributed by atoms with van der Waals surface area (Å²) in [6.07, 6.45) is 3.55. The van der Waals surface area contributed by atoms with Gasteiger partial charge >= 0.3 is 6.03 Å². The first kappa shape index (κ1) is 16.4. The Hall–Kier alpha value is -0.950. The molecule has 0 aromatic heterocycles. The van der Waals surface area contributed by atoms with Crippen molar-refractivity contribution >= 4 is 23.7 Å². The number of fused-ring (bicyclic) bond motifs is 1. The molecule has 2 unspecified atom stereocenters. The van der Waals surface area contributed by atoms with Gasteiger partial charge in [0.05, 0.1) is 18.7 Å². The molecular weight excluding hydrogens is 290 g/mol. The fourth-order valence-electron chi connectivity index (χ4n) is 2.77. The summed E-state index contributed by atoms with van der Waals surface area (Å²) >= 11 is 1.92. The Bertz CT molecular complexity index is 367. The lowest BCUT2D eigenvalue weighted by Crippen LogP contribution is -2.36. The highest BCUT2D eigenvalue weighted by Gasteiger charge is 2.42. The third-order valence-corrected chi connectivity index (χ3v) is 5.36. The molecule has 0 radical (unpaired) electrons. The molecule has 0 aliphatic carbocycles. The lowest BCUT2D eigenvalue weighted by Gasteiger charge is -2.16. The van der Waals surface area contributed by atoms with E-state index >= 15 is 0 Å². The van der Waals surface area contributed by atoms with Gasteiger partial charge in [-0.15, -0.1) is 0 Å². The van der Waals surface area contributed by atoms with Gasteiger partial charge in [-0.3, -0.25) is 4.79 Å². The monoisotopic (exact) mass is 315 g/mol. The molecule has 3 N–H and O–H groups in total. The van der Waals surface area contributed by atoms with Gasteiger partial charge in [0.25, 0.3) is 0 Å². The lowest BCUT2D eigenvalue weighted by molar-refractivity contribution is -0.121. The Labute approximate surface area is 130 Å². The van der Waals surface area contributed by atoms with E-state index in [1.807, 2.05) is 18.7 Å². The Kier molecular flexibility index (Phi) is 6.63. The predicted octanol–water partition coefficient (Wildman–Crippen LogP) is 0.865. The molecule has 0 aromatic carbocycles. The number of rotatable bonds is 9. The smallest absolute Gasteiger partial charge is 0.315 e. The van der Waals surface area contributed by atoms with Gasteiger partial charge in [-0.25, -0.2) is 4.79 Å². The highest BCUT2D eigenvalue weighted by Crippen LogP contribution is 2.33. The Morgan fingerprint density at radius 3 is 3.10 bits per heavy atom. The number of amides is 3. The first-order valence-electron chi connectivity index (χ1n) is 7.73. The molecule has 2 heterocycles. The predicted molar refractivity (Wildman–Crippen MR) is 83.5 cm³/mol. The lowest BCUT2D eigenvalue weighted by atomic mass is 10.0. The van der Waals surface area contributed by atoms with Crippen LogP contribution in [0.15, 0.2) is 0 Å². The van der Waals surface area contributed by atoms with E-state index in [9.17, 15) is 9.59 Å². The van der Waals surface area contributed by atoms with Gasteiger partial charge in [0.1, 0.15) is 0 Å². The normalized spacial score (nSPS) is 27.1. The molecular formula is C14H25N3O3S. The van der Waals surface area contributed by atoms with E-state index in [0.717, 1.165) is 25.0 Å². The first-order chi connectivity index (χ1) is 10.2. The quantitative estimate of drug-likeness (QED) is 0.436. The van der Waals surface area contributed by atoms with Crippen molar-refractivity contribution in [3.63, 3.8) is 0 Å².